The zero-order chi connectivity index (χ0) is 21.1. The van der Waals surface area contributed by atoms with Gasteiger partial charge in [-0.3, -0.25) is 9.59 Å². The normalized spacial score (nSPS) is 9.97. The zero-order valence-electron chi connectivity index (χ0n) is 16.1. The van der Waals surface area contributed by atoms with E-state index in [0.29, 0.717) is 41.3 Å². The molecule has 2 amide bonds. The Hall–Kier alpha value is -3.57. The number of nitrogens with zero attached hydrogens (tertiary/aromatic N) is 1. The van der Waals surface area contributed by atoms with E-state index >= 15 is 0 Å². The van der Waals surface area contributed by atoms with E-state index in [1.807, 2.05) is 6.07 Å². The van der Waals surface area contributed by atoms with Gasteiger partial charge in [0.1, 0.15) is 0 Å². The van der Waals surface area contributed by atoms with E-state index in [1.54, 1.807) is 42.5 Å². The predicted octanol–water partition coefficient (Wildman–Crippen LogP) is 2.09. The molecular weight excluding hydrogens is 374 g/mol. The van der Waals surface area contributed by atoms with Gasteiger partial charge in [0.15, 0.2) is 11.5 Å². The minimum Gasteiger partial charge on any atom is -0.493 e. The first kappa shape index (κ1) is 21.7. The van der Waals surface area contributed by atoms with Crippen molar-refractivity contribution in [1.29, 1.82) is 5.26 Å². The molecule has 0 aromatic heterocycles. The first-order chi connectivity index (χ1) is 14.1. The van der Waals surface area contributed by atoms with Gasteiger partial charge in [-0.1, -0.05) is 0 Å². The number of hydrogen-bond donors (Lipinski definition) is 3. The van der Waals surface area contributed by atoms with Crippen LogP contribution in [0.1, 0.15) is 28.8 Å². The zero-order valence-corrected chi connectivity index (χ0v) is 16.1. The smallest absolute Gasteiger partial charge is 0.251 e. The van der Waals surface area contributed by atoms with Gasteiger partial charge in [-0.2, -0.15) is 5.26 Å². The van der Waals surface area contributed by atoms with Crippen LogP contribution in [0.15, 0.2) is 42.5 Å². The third kappa shape index (κ3) is 6.83. The molecule has 8 heteroatoms. The molecule has 0 fully saturated rings. The number of aliphatic hydroxyl groups is 1. The Morgan fingerprint density at radius 2 is 1.90 bits per heavy atom. The quantitative estimate of drug-likeness (QED) is 0.528. The van der Waals surface area contributed by atoms with Gasteiger partial charge in [0.05, 0.1) is 32.0 Å². The van der Waals surface area contributed by atoms with Gasteiger partial charge >= 0.3 is 0 Å². The summed E-state index contributed by atoms with van der Waals surface area (Å²) in [6, 6.07) is 13.4. The molecule has 0 radical (unpaired) electrons. The molecule has 0 atom stereocenters. The van der Waals surface area contributed by atoms with Crippen molar-refractivity contribution in [2.45, 2.75) is 12.8 Å². The highest BCUT2D eigenvalue weighted by molar-refractivity contribution is 5.95. The Kier molecular flexibility index (Phi) is 8.48. The van der Waals surface area contributed by atoms with Crippen molar-refractivity contribution < 1.29 is 24.2 Å². The summed E-state index contributed by atoms with van der Waals surface area (Å²) in [6.45, 7) is 0.384. The van der Waals surface area contributed by atoms with E-state index in [1.165, 1.54) is 7.11 Å². The second-order valence-corrected chi connectivity index (χ2v) is 6.03. The second-order valence-electron chi connectivity index (χ2n) is 6.03. The number of carbonyl (C=O) groups excluding carboxylic acids is 2. The molecule has 0 saturated heterocycles. The van der Waals surface area contributed by atoms with E-state index in [9.17, 15) is 9.59 Å². The van der Waals surface area contributed by atoms with Gasteiger partial charge in [0, 0.05) is 30.3 Å². The molecule has 2 rings (SSSR count). The third-order valence-electron chi connectivity index (χ3n) is 3.93. The Balaban J connectivity index is 1.76. The molecule has 2 aromatic rings. The average molecular weight is 397 g/mol. The minimum atomic E-state index is -0.285. The number of methoxy groups -OCH3 is 1. The number of ether oxygens (including phenoxy) is 2. The molecule has 3 N–H and O–H groups in total. The van der Waals surface area contributed by atoms with Crippen LogP contribution in [0.5, 0.6) is 11.5 Å². The summed E-state index contributed by atoms with van der Waals surface area (Å²) in [5.41, 5.74) is 1.51. The van der Waals surface area contributed by atoms with E-state index in [4.69, 9.17) is 19.8 Å². The molecule has 29 heavy (non-hydrogen) atoms. The molecule has 0 aliphatic carbocycles. The van der Waals surface area contributed by atoms with Crippen molar-refractivity contribution in [2.24, 2.45) is 0 Å². The standard InChI is InChI=1S/C21H23N3O5/c1-28-19-13-15(14-22)4-9-18(19)29-12-2-3-20(26)24-17-7-5-16(6-8-17)21(27)23-10-11-25/h4-9,13,25H,2-3,10-12H2,1H3,(H,23,27)(H,24,26). The minimum absolute atomic E-state index is 0.123. The highest BCUT2D eigenvalue weighted by atomic mass is 16.5. The fraction of sp³-hybridized carbons (Fsp3) is 0.286. The van der Waals surface area contributed by atoms with Crippen molar-refractivity contribution in [2.75, 3.05) is 32.2 Å². The van der Waals surface area contributed by atoms with Crippen molar-refractivity contribution in [1.82, 2.24) is 5.32 Å². The van der Waals surface area contributed by atoms with Crippen molar-refractivity contribution in [3.05, 3.63) is 53.6 Å². The number of rotatable bonds is 10. The van der Waals surface area contributed by atoms with Crippen molar-refractivity contribution in [3.63, 3.8) is 0 Å². The maximum absolute atomic E-state index is 12.1. The lowest BCUT2D eigenvalue weighted by Crippen LogP contribution is -2.26. The summed E-state index contributed by atoms with van der Waals surface area (Å²) >= 11 is 0. The number of amides is 2. The fourth-order valence-corrected chi connectivity index (χ4v) is 2.47. The van der Waals surface area contributed by atoms with Crippen LogP contribution in [0.4, 0.5) is 5.69 Å². The van der Waals surface area contributed by atoms with E-state index in [-0.39, 0.29) is 31.4 Å². The van der Waals surface area contributed by atoms with Gasteiger partial charge < -0.3 is 25.2 Å². The molecule has 0 bridgehead atoms. The molecule has 2 aromatic carbocycles. The van der Waals surface area contributed by atoms with E-state index in [0.717, 1.165) is 0 Å². The van der Waals surface area contributed by atoms with E-state index in [2.05, 4.69) is 10.6 Å². The average Bonchev–Trinajstić information content (AvgIpc) is 2.75. The van der Waals surface area contributed by atoms with Crippen LogP contribution in [0.2, 0.25) is 0 Å². The molecule has 0 aliphatic rings. The number of nitriles is 1. The van der Waals surface area contributed by atoms with Gasteiger partial charge in [-0.25, -0.2) is 0 Å². The highest BCUT2D eigenvalue weighted by Crippen LogP contribution is 2.27. The monoisotopic (exact) mass is 397 g/mol. The molecule has 0 heterocycles. The molecule has 0 unspecified atom stereocenters. The van der Waals surface area contributed by atoms with Crippen LogP contribution in [-0.2, 0) is 4.79 Å². The summed E-state index contributed by atoms with van der Waals surface area (Å²) in [5.74, 6) is 0.531. The molecule has 0 aliphatic heterocycles. The molecule has 8 nitrogen and oxygen atoms in total. The summed E-state index contributed by atoms with van der Waals surface area (Å²) in [4.78, 5) is 23.8. The lowest BCUT2D eigenvalue weighted by molar-refractivity contribution is -0.116. The number of carbonyl (C=O) groups is 2. The maximum atomic E-state index is 12.1. The van der Waals surface area contributed by atoms with Crippen LogP contribution in [0.25, 0.3) is 0 Å². The third-order valence-corrected chi connectivity index (χ3v) is 3.93. The summed E-state index contributed by atoms with van der Waals surface area (Å²) in [7, 11) is 1.50. The lowest BCUT2D eigenvalue weighted by atomic mass is 10.2. The topological polar surface area (TPSA) is 121 Å². The summed E-state index contributed by atoms with van der Waals surface area (Å²) in [5, 5.41) is 22.9. The lowest BCUT2D eigenvalue weighted by Gasteiger charge is -2.11. The summed E-state index contributed by atoms with van der Waals surface area (Å²) < 4.78 is 10.8. The van der Waals surface area contributed by atoms with Crippen LogP contribution in [0.3, 0.4) is 0 Å². The van der Waals surface area contributed by atoms with Gasteiger partial charge in [-0.15, -0.1) is 0 Å². The largest absolute Gasteiger partial charge is 0.493 e. The van der Waals surface area contributed by atoms with Gasteiger partial charge in [-0.05, 0) is 42.8 Å². The Labute approximate surface area is 169 Å². The maximum Gasteiger partial charge on any atom is 0.251 e. The number of anilines is 1. The molecule has 0 spiro atoms. The number of nitrogens with one attached hydrogen (secondary N) is 2. The predicted molar refractivity (Wildman–Crippen MR) is 107 cm³/mol. The number of aliphatic hydroxyl groups excluding tert-OH is 1. The van der Waals surface area contributed by atoms with Gasteiger partial charge in [0.25, 0.3) is 5.91 Å². The van der Waals surface area contributed by atoms with Crippen LogP contribution >= 0.6 is 0 Å². The number of hydrogen-bond acceptors (Lipinski definition) is 6. The molecule has 0 saturated carbocycles. The molecule has 152 valence electrons. The Morgan fingerprint density at radius 1 is 1.14 bits per heavy atom. The van der Waals surface area contributed by atoms with Crippen molar-refractivity contribution in [3.8, 4) is 17.6 Å². The molecular formula is C21H23N3O5. The summed E-state index contributed by atoms with van der Waals surface area (Å²) in [6.07, 6.45) is 0.758. The first-order valence-electron chi connectivity index (χ1n) is 9.07. The first-order valence-corrected chi connectivity index (χ1v) is 9.07. The van der Waals surface area contributed by atoms with E-state index < -0.39 is 0 Å². The SMILES string of the molecule is COc1cc(C#N)ccc1OCCCC(=O)Nc1ccc(C(=O)NCCO)cc1. The Morgan fingerprint density at radius 3 is 2.55 bits per heavy atom. The van der Waals surface area contributed by atoms with Crippen LogP contribution in [-0.4, -0.2) is 43.8 Å². The van der Waals surface area contributed by atoms with Crippen LogP contribution in [0, 0.1) is 11.3 Å². The highest BCUT2D eigenvalue weighted by Gasteiger charge is 2.08. The Bertz CT molecular complexity index is 875. The number of benzene rings is 2. The fourth-order valence-electron chi connectivity index (χ4n) is 2.47. The van der Waals surface area contributed by atoms with Crippen molar-refractivity contribution >= 4 is 17.5 Å². The van der Waals surface area contributed by atoms with Crippen LogP contribution < -0.4 is 20.1 Å². The van der Waals surface area contributed by atoms with Gasteiger partial charge in [0.2, 0.25) is 5.91 Å². The second kappa shape index (κ2) is 11.3.